The number of hydrogen-bond donors (Lipinski definition) is 2. The standard InChI is InChI=1S/C24H27F2N3O3/c1-14-9-10-32-21(14)11-20(26)15(2)19-13-29(12-16-3-4-16)23(30)22(19)28-24(31)27-18-7-5-17(25)6-8-18/h5-8,11,16,19,22H,2-4,9-10,12-13H2,1H3,(H2,27,28,31)/b20-11+/t19-,22-/m0/s1. The highest BCUT2D eigenvalue weighted by Crippen LogP contribution is 2.35. The molecule has 1 aromatic rings. The molecule has 1 aliphatic carbocycles. The smallest absolute Gasteiger partial charge is 0.319 e. The van der Waals surface area contributed by atoms with Crippen LogP contribution in [0.1, 0.15) is 26.2 Å². The molecule has 3 aliphatic rings. The summed E-state index contributed by atoms with van der Waals surface area (Å²) in [4.78, 5) is 27.3. The lowest BCUT2D eigenvalue weighted by Crippen LogP contribution is -2.46. The van der Waals surface area contributed by atoms with Crippen molar-refractivity contribution in [3.05, 3.63) is 65.5 Å². The van der Waals surface area contributed by atoms with Gasteiger partial charge in [0.15, 0.2) is 0 Å². The molecule has 0 unspecified atom stereocenters. The first kappa shape index (κ1) is 22.0. The predicted molar refractivity (Wildman–Crippen MR) is 117 cm³/mol. The van der Waals surface area contributed by atoms with Gasteiger partial charge in [0.1, 0.15) is 23.4 Å². The highest BCUT2D eigenvalue weighted by molar-refractivity contribution is 5.95. The van der Waals surface area contributed by atoms with Crippen LogP contribution in [0.25, 0.3) is 0 Å². The van der Waals surface area contributed by atoms with Gasteiger partial charge in [-0.05, 0) is 61.1 Å². The molecule has 0 spiro atoms. The van der Waals surface area contributed by atoms with Crippen molar-refractivity contribution in [2.45, 2.75) is 32.2 Å². The van der Waals surface area contributed by atoms with Crippen molar-refractivity contribution in [1.82, 2.24) is 10.2 Å². The van der Waals surface area contributed by atoms with E-state index in [1.165, 1.54) is 30.3 Å². The Morgan fingerprint density at radius 3 is 2.66 bits per heavy atom. The summed E-state index contributed by atoms with van der Waals surface area (Å²) in [5.41, 5.74) is 1.49. The van der Waals surface area contributed by atoms with E-state index in [0.717, 1.165) is 24.8 Å². The van der Waals surface area contributed by atoms with Crippen molar-refractivity contribution in [2.24, 2.45) is 11.8 Å². The van der Waals surface area contributed by atoms with Gasteiger partial charge < -0.3 is 20.3 Å². The maximum absolute atomic E-state index is 15.1. The Labute approximate surface area is 186 Å². The molecule has 1 saturated carbocycles. The van der Waals surface area contributed by atoms with Crippen molar-refractivity contribution in [3.8, 4) is 0 Å². The number of ether oxygens (including phenoxy) is 1. The fraction of sp³-hybridized carbons (Fsp3) is 0.417. The van der Waals surface area contributed by atoms with Gasteiger partial charge in [0.25, 0.3) is 0 Å². The number of carbonyl (C=O) groups excluding carboxylic acids is 2. The number of likely N-dealkylation sites (tertiary alicyclic amines) is 1. The lowest BCUT2D eigenvalue weighted by Gasteiger charge is -2.20. The molecular weight excluding hydrogens is 416 g/mol. The van der Waals surface area contributed by atoms with Crippen molar-refractivity contribution in [1.29, 1.82) is 0 Å². The van der Waals surface area contributed by atoms with Gasteiger partial charge in [-0.15, -0.1) is 0 Å². The molecule has 3 amide bonds. The summed E-state index contributed by atoms with van der Waals surface area (Å²) in [5.74, 6) is -0.900. The Balaban J connectivity index is 1.49. The van der Waals surface area contributed by atoms with E-state index in [1.54, 1.807) is 4.90 Å². The van der Waals surface area contributed by atoms with E-state index in [2.05, 4.69) is 17.2 Å². The van der Waals surface area contributed by atoms with Gasteiger partial charge in [0, 0.05) is 37.2 Å². The Hall–Kier alpha value is -3.16. The van der Waals surface area contributed by atoms with Gasteiger partial charge in [-0.2, -0.15) is 0 Å². The van der Waals surface area contributed by atoms with E-state index in [-0.39, 0.29) is 18.0 Å². The average Bonchev–Trinajstić information content (AvgIpc) is 3.42. The summed E-state index contributed by atoms with van der Waals surface area (Å²) >= 11 is 0. The predicted octanol–water partition coefficient (Wildman–Crippen LogP) is 4.29. The molecule has 6 nitrogen and oxygen atoms in total. The van der Waals surface area contributed by atoms with Crippen molar-refractivity contribution in [3.63, 3.8) is 0 Å². The molecule has 1 saturated heterocycles. The van der Waals surface area contributed by atoms with E-state index in [1.807, 2.05) is 6.92 Å². The highest BCUT2D eigenvalue weighted by Gasteiger charge is 2.44. The molecule has 2 heterocycles. The van der Waals surface area contributed by atoms with Crippen LogP contribution in [0.2, 0.25) is 0 Å². The number of benzene rings is 1. The third kappa shape index (κ3) is 5.00. The molecule has 2 atom stereocenters. The largest absolute Gasteiger partial charge is 0.493 e. The topological polar surface area (TPSA) is 70.7 Å². The van der Waals surface area contributed by atoms with Crippen LogP contribution in [0.15, 0.2) is 59.7 Å². The number of nitrogens with zero attached hydrogens (tertiary/aromatic N) is 1. The summed E-state index contributed by atoms with van der Waals surface area (Å²) in [5, 5.41) is 5.26. The lowest BCUT2D eigenvalue weighted by atomic mass is 9.93. The molecular formula is C24H27F2N3O3. The van der Waals surface area contributed by atoms with Crippen LogP contribution in [-0.2, 0) is 9.53 Å². The van der Waals surface area contributed by atoms with Crippen molar-refractivity contribution in [2.75, 3.05) is 25.0 Å². The second-order valence-corrected chi connectivity index (χ2v) is 8.64. The molecule has 0 aromatic heterocycles. The summed E-state index contributed by atoms with van der Waals surface area (Å²) in [6.07, 6.45) is 4.19. The molecule has 0 radical (unpaired) electrons. The van der Waals surface area contributed by atoms with Gasteiger partial charge in [0.05, 0.1) is 6.61 Å². The Morgan fingerprint density at radius 1 is 1.31 bits per heavy atom. The van der Waals surface area contributed by atoms with E-state index in [9.17, 15) is 14.0 Å². The number of amides is 3. The quantitative estimate of drug-likeness (QED) is 0.618. The van der Waals surface area contributed by atoms with Crippen molar-refractivity contribution >= 4 is 17.6 Å². The Bertz CT molecular complexity index is 983. The third-order valence-electron chi connectivity index (χ3n) is 6.13. The maximum atomic E-state index is 15.1. The first-order valence-corrected chi connectivity index (χ1v) is 10.8. The van der Waals surface area contributed by atoms with Crippen LogP contribution in [0.5, 0.6) is 0 Å². The molecule has 0 bridgehead atoms. The SMILES string of the molecule is C=C(/C(F)=C\C1=C(C)CCO1)[C@@H]1CN(CC2CC2)C(=O)[C@H]1NC(=O)Nc1ccc(F)cc1. The number of halogens is 2. The fourth-order valence-electron chi connectivity index (χ4n) is 4.00. The fourth-order valence-corrected chi connectivity index (χ4v) is 4.00. The average molecular weight is 443 g/mol. The first-order chi connectivity index (χ1) is 15.3. The lowest BCUT2D eigenvalue weighted by molar-refractivity contribution is -0.129. The van der Waals surface area contributed by atoms with E-state index in [4.69, 9.17) is 4.74 Å². The van der Waals surface area contributed by atoms with Gasteiger partial charge in [-0.1, -0.05) is 6.58 Å². The zero-order valence-corrected chi connectivity index (χ0v) is 18.0. The number of nitrogens with one attached hydrogen (secondary N) is 2. The van der Waals surface area contributed by atoms with Gasteiger partial charge >= 0.3 is 6.03 Å². The molecule has 170 valence electrons. The molecule has 2 fully saturated rings. The van der Waals surface area contributed by atoms with E-state index >= 15 is 4.39 Å². The summed E-state index contributed by atoms with van der Waals surface area (Å²) in [6.45, 7) is 7.19. The molecule has 8 heteroatoms. The molecule has 32 heavy (non-hydrogen) atoms. The number of allylic oxidation sites excluding steroid dienone is 2. The van der Waals surface area contributed by atoms with E-state index in [0.29, 0.717) is 30.5 Å². The maximum Gasteiger partial charge on any atom is 0.319 e. The second-order valence-electron chi connectivity index (χ2n) is 8.64. The van der Waals surface area contributed by atoms with Crippen LogP contribution >= 0.6 is 0 Å². The van der Waals surface area contributed by atoms with Crippen LogP contribution in [0, 0.1) is 17.7 Å². The first-order valence-electron chi connectivity index (χ1n) is 10.8. The number of rotatable bonds is 7. The molecule has 2 aliphatic heterocycles. The summed E-state index contributed by atoms with van der Waals surface area (Å²) < 4.78 is 33.6. The van der Waals surface area contributed by atoms with Crippen molar-refractivity contribution < 1.29 is 23.1 Å². The minimum Gasteiger partial charge on any atom is -0.493 e. The molecule has 2 N–H and O–H groups in total. The second kappa shape index (κ2) is 9.14. The minimum atomic E-state index is -0.944. The van der Waals surface area contributed by atoms with Gasteiger partial charge in [0.2, 0.25) is 5.91 Å². The number of hydrogen-bond acceptors (Lipinski definition) is 3. The molecule has 1 aromatic carbocycles. The number of urea groups is 1. The van der Waals surface area contributed by atoms with Crippen LogP contribution in [0.3, 0.4) is 0 Å². The van der Waals surface area contributed by atoms with Gasteiger partial charge in [-0.3, -0.25) is 4.79 Å². The number of anilines is 1. The normalized spacial score (nSPS) is 23.4. The third-order valence-corrected chi connectivity index (χ3v) is 6.13. The zero-order chi connectivity index (χ0) is 22.8. The number of carbonyl (C=O) groups is 2. The van der Waals surface area contributed by atoms with Crippen LogP contribution < -0.4 is 10.6 Å². The van der Waals surface area contributed by atoms with E-state index < -0.39 is 29.6 Å². The van der Waals surface area contributed by atoms with Crippen LogP contribution in [-0.4, -0.2) is 42.6 Å². The van der Waals surface area contributed by atoms with Crippen LogP contribution in [0.4, 0.5) is 19.3 Å². The summed E-state index contributed by atoms with van der Waals surface area (Å²) in [7, 11) is 0. The zero-order valence-electron chi connectivity index (χ0n) is 18.0. The Kier molecular flexibility index (Phi) is 6.30. The van der Waals surface area contributed by atoms with Gasteiger partial charge in [-0.25, -0.2) is 13.6 Å². The minimum absolute atomic E-state index is 0.152. The monoisotopic (exact) mass is 443 g/mol. The molecule has 4 rings (SSSR count). The summed E-state index contributed by atoms with van der Waals surface area (Å²) in [6, 6.07) is 3.71. The Morgan fingerprint density at radius 2 is 2.03 bits per heavy atom. The highest BCUT2D eigenvalue weighted by atomic mass is 19.1.